The molecule has 2 fully saturated rings. The third-order valence-corrected chi connectivity index (χ3v) is 4.54. The minimum absolute atomic E-state index is 0.0932. The number of likely N-dealkylation sites (tertiary alicyclic amines) is 1. The molecule has 112 valence electrons. The van der Waals surface area contributed by atoms with Gasteiger partial charge in [-0.05, 0) is 50.8 Å². The summed E-state index contributed by atoms with van der Waals surface area (Å²) in [6.45, 7) is 3.72. The molecule has 2 aliphatic heterocycles. The number of hydrogen-bond acceptors (Lipinski definition) is 2. The number of nitrogens with zero attached hydrogens (tertiary/aromatic N) is 2. The minimum Gasteiger partial charge on any atom is -0.336 e. The van der Waals surface area contributed by atoms with Gasteiger partial charge in [-0.1, -0.05) is 6.07 Å². The molecule has 0 spiro atoms. The summed E-state index contributed by atoms with van der Waals surface area (Å²) >= 11 is 0. The number of rotatable bonds is 2. The van der Waals surface area contributed by atoms with E-state index in [1.165, 1.54) is 6.42 Å². The van der Waals surface area contributed by atoms with E-state index in [0.29, 0.717) is 18.0 Å². The summed E-state index contributed by atoms with van der Waals surface area (Å²) in [5.41, 5.74) is 1.55. The number of carbonyl (C=O) groups is 2. The molecular weight excluding hydrogens is 264 g/mol. The molecule has 0 aromatic heterocycles. The van der Waals surface area contributed by atoms with Gasteiger partial charge in [0.1, 0.15) is 0 Å². The van der Waals surface area contributed by atoms with Crippen molar-refractivity contribution >= 4 is 17.5 Å². The van der Waals surface area contributed by atoms with Crippen LogP contribution in [0.2, 0.25) is 0 Å². The van der Waals surface area contributed by atoms with E-state index in [2.05, 4.69) is 6.92 Å². The van der Waals surface area contributed by atoms with Crippen LogP contribution < -0.4 is 4.90 Å². The monoisotopic (exact) mass is 286 g/mol. The molecule has 4 nitrogen and oxygen atoms in total. The Bertz CT molecular complexity index is 555. The first-order chi connectivity index (χ1) is 10.2. The van der Waals surface area contributed by atoms with Crippen molar-refractivity contribution in [1.82, 2.24) is 4.90 Å². The second kappa shape index (κ2) is 5.88. The molecule has 1 atom stereocenters. The van der Waals surface area contributed by atoms with Crippen LogP contribution in [0.1, 0.15) is 49.4 Å². The molecular formula is C17H22N2O2. The molecule has 0 unspecified atom stereocenters. The predicted octanol–water partition coefficient (Wildman–Crippen LogP) is 2.83. The summed E-state index contributed by atoms with van der Waals surface area (Å²) in [5, 5.41) is 0. The van der Waals surface area contributed by atoms with Gasteiger partial charge in [0.05, 0.1) is 0 Å². The Morgan fingerprint density at radius 1 is 1.19 bits per heavy atom. The van der Waals surface area contributed by atoms with Gasteiger partial charge in [0.25, 0.3) is 5.91 Å². The average molecular weight is 286 g/mol. The lowest BCUT2D eigenvalue weighted by Gasteiger charge is -2.33. The van der Waals surface area contributed by atoms with Crippen LogP contribution >= 0.6 is 0 Å². The van der Waals surface area contributed by atoms with Crippen LogP contribution in [0.25, 0.3) is 0 Å². The first-order valence-corrected chi connectivity index (χ1v) is 7.88. The fourth-order valence-electron chi connectivity index (χ4n) is 3.29. The molecule has 3 rings (SSSR count). The van der Waals surface area contributed by atoms with Crippen molar-refractivity contribution in [3.05, 3.63) is 29.8 Å². The zero-order valence-electron chi connectivity index (χ0n) is 12.5. The van der Waals surface area contributed by atoms with Crippen LogP contribution in [0.5, 0.6) is 0 Å². The zero-order valence-corrected chi connectivity index (χ0v) is 12.5. The van der Waals surface area contributed by atoms with Gasteiger partial charge in [-0.15, -0.1) is 0 Å². The SMILES string of the molecule is C[C@H]1CCCCN1C(=O)c1cccc(N2CCCC2=O)c1. The van der Waals surface area contributed by atoms with Gasteiger partial charge < -0.3 is 9.80 Å². The van der Waals surface area contributed by atoms with E-state index in [0.717, 1.165) is 38.0 Å². The highest BCUT2D eigenvalue weighted by Crippen LogP contribution is 2.24. The lowest BCUT2D eigenvalue weighted by Crippen LogP contribution is -2.42. The predicted molar refractivity (Wildman–Crippen MR) is 82.4 cm³/mol. The highest BCUT2D eigenvalue weighted by atomic mass is 16.2. The Morgan fingerprint density at radius 2 is 2.05 bits per heavy atom. The van der Waals surface area contributed by atoms with Gasteiger partial charge in [-0.3, -0.25) is 9.59 Å². The quantitative estimate of drug-likeness (QED) is 0.839. The van der Waals surface area contributed by atoms with Crippen LogP contribution in [0, 0.1) is 0 Å². The van der Waals surface area contributed by atoms with Crippen molar-refractivity contribution in [2.45, 2.75) is 45.1 Å². The molecule has 2 saturated heterocycles. The molecule has 2 amide bonds. The van der Waals surface area contributed by atoms with Gasteiger partial charge in [-0.2, -0.15) is 0 Å². The Morgan fingerprint density at radius 3 is 2.76 bits per heavy atom. The van der Waals surface area contributed by atoms with Gasteiger partial charge in [-0.25, -0.2) is 0 Å². The fourth-order valence-corrected chi connectivity index (χ4v) is 3.29. The van der Waals surface area contributed by atoms with Crippen molar-refractivity contribution < 1.29 is 9.59 Å². The summed E-state index contributed by atoms with van der Waals surface area (Å²) in [4.78, 5) is 28.3. The molecule has 1 aromatic rings. The zero-order chi connectivity index (χ0) is 14.8. The largest absolute Gasteiger partial charge is 0.336 e. The van der Waals surface area contributed by atoms with Crippen LogP contribution in [-0.2, 0) is 4.79 Å². The molecule has 0 radical (unpaired) electrons. The van der Waals surface area contributed by atoms with E-state index < -0.39 is 0 Å². The van der Waals surface area contributed by atoms with Crippen LogP contribution in [-0.4, -0.2) is 35.8 Å². The van der Waals surface area contributed by atoms with Crippen LogP contribution in [0.15, 0.2) is 24.3 Å². The average Bonchev–Trinajstić information content (AvgIpc) is 2.93. The third-order valence-electron chi connectivity index (χ3n) is 4.54. The topological polar surface area (TPSA) is 40.6 Å². The molecule has 0 aliphatic carbocycles. The summed E-state index contributed by atoms with van der Waals surface area (Å²) in [5.74, 6) is 0.252. The second-order valence-corrected chi connectivity index (χ2v) is 6.04. The number of amides is 2. The smallest absolute Gasteiger partial charge is 0.254 e. The Hall–Kier alpha value is -1.84. The lowest BCUT2D eigenvalue weighted by molar-refractivity contribution is -0.117. The van der Waals surface area contributed by atoms with E-state index in [4.69, 9.17) is 0 Å². The molecule has 0 N–H and O–H groups in total. The van der Waals surface area contributed by atoms with Gasteiger partial charge >= 0.3 is 0 Å². The maximum absolute atomic E-state index is 12.7. The van der Waals surface area contributed by atoms with E-state index >= 15 is 0 Å². The Kier molecular flexibility index (Phi) is 3.95. The Balaban J connectivity index is 1.82. The van der Waals surface area contributed by atoms with Crippen molar-refractivity contribution in [1.29, 1.82) is 0 Å². The van der Waals surface area contributed by atoms with E-state index in [9.17, 15) is 9.59 Å². The lowest BCUT2D eigenvalue weighted by atomic mass is 10.0. The number of carbonyl (C=O) groups excluding carboxylic acids is 2. The van der Waals surface area contributed by atoms with Crippen molar-refractivity contribution in [2.75, 3.05) is 18.0 Å². The van der Waals surface area contributed by atoms with Crippen LogP contribution in [0.3, 0.4) is 0 Å². The first-order valence-electron chi connectivity index (χ1n) is 7.88. The fraction of sp³-hybridized carbons (Fsp3) is 0.529. The van der Waals surface area contributed by atoms with E-state index in [1.807, 2.05) is 29.2 Å². The molecule has 2 aliphatic rings. The highest BCUT2D eigenvalue weighted by molar-refractivity contribution is 5.99. The van der Waals surface area contributed by atoms with E-state index in [-0.39, 0.29) is 11.8 Å². The molecule has 1 aromatic carbocycles. The van der Waals surface area contributed by atoms with Gasteiger partial charge in [0.2, 0.25) is 5.91 Å². The maximum Gasteiger partial charge on any atom is 0.254 e. The molecule has 0 saturated carbocycles. The summed E-state index contributed by atoms with van der Waals surface area (Å²) < 4.78 is 0. The summed E-state index contributed by atoms with van der Waals surface area (Å²) in [6.07, 6.45) is 4.88. The second-order valence-electron chi connectivity index (χ2n) is 6.04. The molecule has 2 heterocycles. The van der Waals surface area contributed by atoms with E-state index in [1.54, 1.807) is 4.90 Å². The normalized spacial score (nSPS) is 22.7. The number of hydrogen-bond donors (Lipinski definition) is 0. The number of benzene rings is 1. The summed E-state index contributed by atoms with van der Waals surface area (Å²) in [7, 11) is 0. The maximum atomic E-state index is 12.7. The molecule has 21 heavy (non-hydrogen) atoms. The van der Waals surface area contributed by atoms with Crippen molar-refractivity contribution in [2.24, 2.45) is 0 Å². The van der Waals surface area contributed by atoms with Crippen LogP contribution in [0.4, 0.5) is 5.69 Å². The third kappa shape index (κ3) is 2.80. The first kappa shape index (κ1) is 14.1. The summed E-state index contributed by atoms with van der Waals surface area (Å²) in [6, 6.07) is 7.83. The highest BCUT2D eigenvalue weighted by Gasteiger charge is 2.26. The number of piperidine rings is 1. The minimum atomic E-state index is 0.0932. The van der Waals surface area contributed by atoms with Gasteiger partial charge in [0, 0.05) is 36.8 Å². The van der Waals surface area contributed by atoms with Crippen molar-refractivity contribution in [3.8, 4) is 0 Å². The standard InChI is InChI=1S/C17H22N2O2/c1-13-6-2-3-10-18(13)17(21)14-7-4-8-15(12-14)19-11-5-9-16(19)20/h4,7-8,12-13H,2-3,5-6,9-11H2,1H3/t13-/m0/s1. The number of anilines is 1. The molecule has 4 heteroatoms. The molecule has 0 bridgehead atoms. The van der Waals surface area contributed by atoms with Crippen molar-refractivity contribution in [3.63, 3.8) is 0 Å². The Labute approximate surface area is 125 Å². The van der Waals surface area contributed by atoms with Gasteiger partial charge in [0.15, 0.2) is 0 Å².